The number of aromatic nitrogens is 1. The van der Waals surface area contributed by atoms with Gasteiger partial charge in [-0.05, 0) is 18.6 Å². The van der Waals surface area contributed by atoms with Crippen molar-refractivity contribution in [1.82, 2.24) is 4.57 Å². The number of alkyl halides is 2. The number of halogens is 2. The highest BCUT2D eigenvalue weighted by molar-refractivity contribution is 5.85. The molecule has 1 aromatic heterocycles. The van der Waals surface area contributed by atoms with Gasteiger partial charge in [-0.15, -0.1) is 0 Å². The first kappa shape index (κ1) is 12.0. The van der Waals surface area contributed by atoms with E-state index in [1.54, 1.807) is 0 Å². The monoisotopic (exact) mass is 238 g/mol. The van der Waals surface area contributed by atoms with E-state index in [4.69, 9.17) is 5.73 Å². The summed E-state index contributed by atoms with van der Waals surface area (Å²) in [4.78, 5) is 0. The predicted molar refractivity (Wildman–Crippen MR) is 65.4 cm³/mol. The first-order valence-corrected chi connectivity index (χ1v) is 5.57. The molecule has 0 aliphatic carbocycles. The highest BCUT2D eigenvalue weighted by Gasteiger charge is 2.29. The molecule has 0 saturated carbocycles. The number of aryl methyl sites for hydroxylation is 1. The van der Waals surface area contributed by atoms with Gasteiger partial charge in [0.25, 0.3) is 5.92 Å². The molecule has 4 heteroatoms. The molecule has 0 aliphatic heterocycles. The summed E-state index contributed by atoms with van der Waals surface area (Å²) in [5.74, 6) is -2.84. The fourth-order valence-electron chi connectivity index (χ4n) is 2.15. The molecule has 0 unspecified atom stereocenters. The van der Waals surface area contributed by atoms with Crippen molar-refractivity contribution in [2.24, 2.45) is 12.8 Å². The van der Waals surface area contributed by atoms with Crippen molar-refractivity contribution in [3.05, 3.63) is 35.5 Å². The van der Waals surface area contributed by atoms with Gasteiger partial charge in [0.2, 0.25) is 0 Å². The fourth-order valence-corrected chi connectivity index (χ4v) is 2.15. The molecule has 1 aromatic carbocycles. The molecule has 2 N–H and O–H groups in total. The number of para-hydroxylation sites is 1. The summed E-state index contributed by atoms with van der Waals surface area (Å²) in [5.41, 5.74) is 7.65. The van der Waals surface area contributed by atoms with Crippen molar-refractivity contribution in [3.63, 3.8) is 0 Å². The van der Waals surface area contributed by atoms with Gasteiger partial charge >= 0.3 is 0 Å². The minimum atomic E-state index is -2.84. The maximum Gasteiger partial charge on any atom is 0.264 e. The summed E-state index contributed by atoms with van der Waals surface area (Å²) < 4.78 is 28.8. The number of hydrogen-bond acceptors (Lipinski definition) is 1. The van der Waals surface area contributed by atoms with Gasteiger partial charge in [-0.3, -0.25) is 0 Å². The highest BCUT2D eigenvalue weighted by atomic mass is 19.3. The second-order valence-electron chi connectivity index (χ2n) is 4.38. The van der Waals surface area contributed by atoms with E-state index in [0.717, 1.165) is 16.6 Å². The van der Waals surface area contributed by atoms with Gasteiger partial charge in [0.05, 0.1) is 6.54 Å². The van der Waals surface area contributed by atoms with Crippen molar-refractivity contribution in [1.29, 1.82) is 0 Å². The zero-order valence-electron chi connectivity index (χ0n) is 10.0. The van der Waals surface area contributed by atoms with Gasteiger partial charge in [-0.1, -0.05) is 18.2 Å². The van der Waals surface area contributed by atoms with E-state index in [9.17, 15) is 8.78 Å². The summed E-state index contributed by atoms with van der Waals surface area (Å²) in [7, 11) is 1.89. The molecule has 0 amide bonds. The lowest BCUT2D eigenvalue weighted by Gasteiger charge is -2.14. The molecule has 0 saturated heterocycles. The first-order chi connectivity index (χ1) is 7.96. The Morgan fingerprint density at radius 2 is 1.94 bits per heavy atom. The lowest BCUT2D eigenvalue weighted by molar-refractivity contribution is 0.0116. The van der Waals surface area contributed by atoms with Crippen molar-refractivity contribution in [3.8, 4) is 0 Å². The van der Waals surface area contributed by atoms with Crippen LogP contribution in [0, 0.1) is 6.92 Å². The van der Waals surface area contributed by atoms with Gasteiger partial charge in [0, 0.05) is 30.1 Å². The SMILES string of the molecule is Cc1c(CC(F)(F)CN)c2ccccc2n1C. The van der Waals surface area contributed by atoms with Crippen LogP contribution in [0.25, 0.3) is 10.9 Å². The summed E-state index contributed by atoms with van der Waals surface area (Å²) in [6, 6.07) is 7.59. The van der Waals surface area contributed by atoms with E-state index < -0.39 is 12.5 Å². The minimum absolute atomic E-state index is 0.295. The molecule has 0 spiro atoms. The van der Waals surface area contributed by atoms with Crippen LogP contribution in [0.1, 0.15) is 11.3 Å². The van der Waals surface area contributed by atoms with Crippen LogP contribution >= 0.6 is 0 Å². The average Bonchev–Trinajstić information content (AvgIpc) is 2.55. The highest BCUT2D eigenvalue weighted by Crippen LogP contribution is 2.29. The molecule has 2 rings (SSSR count). The van der Waals surface area contributed by atoms with Crippen LogP contribution in [0.15, 0.2) is 24.3 Å². The molecule has 0 atom stereocenters. The molecule has 2 nitrogen and oxygen atoms in total. The Hall–Kier alpha value is -1.42. The maximum atomic E-state index is 13.4. The number of hydrogen-bond donors (Lipinski definition) is 1. The molecule has 2 aromatic rings. The smallest absolute Gasteiger partial charge is 0.264 e. The van der Waals surface area contributed by atoms with Crippen molar-refractivity contribution >= 4 is 10.9 Å². The Morgan fingerprint density at radius 3 is 2.59 bits per heavy atom. The van der Waals surface area contributed by atoms with E-state index in [0.29, 0.717) is 5.56 Å². The minimum Gasteiger partial charge on any atom is -0.348 e. The second kappa shape index (κ2) is 4.11. The number of nitrogens with two attached hydrogens (primary N) is 1. The van der Waals surface area contributed by atoms with Crippen LogP contribution in [-0.4, -0.2) is 17.0 Å². The van der Waals surface area contributed by atoms with Crippen LogP contribution in [0.5, 0.6) is 0 Å². The van der Waals surface area contributed by atoms with Gasteiger partial charge < -0.3 is 10.3 Å². The van der Waals surface area contributed by atoms with Gasteiger partial charge in [0.1, 0.15) is 0 Å². The Bertz CT molecular complexity index is 544. The van der Waals surface area contributed by atoms with E-state index in [2.05, 4.69) is 0 Å². The third kappa shape index (κ3) is 2.05. The molecule has 0 aliphatic rings. The number of nitrogens with zero attached hydrogens (tertiary/aromatic N) is 1. The molecule has 0 bridgehead atoms. The van der Waals surface area contributed by atoms with Crippen LogP contribution < -0.4 is 5.73 Å². The third-order valence-electron chi connectivity index (χ3n) is 3.26. The third-order valence-corrected chi connectivity index (χ3v) is 3.26. The Morgan fingerprint density at radius 1 is 1.29 bits per heavy atom. The largest absolute Gasteiger partial charge is 0.348 e. The standard InChI is InChI=1S/C13H16F2N2/c1-9-11(7-13(14,15)8-16)10-5-3-4-6-12(10)17(9)2/h3-6H,7-8,16H2,1-2H3. The molecular weight excluding hydrogens is 222 g/mol. The van der Waals surface area contributed by atoms with Gasteiger partial charge in [0.15, 0.2) is 0 Å². The molecule has 17 heavy (non-hydrogen) atoms. The Balaban J connectivity index is 2.57. The van der Waals surface area contributed by atoms with Gasteiger partial charge in [-0.2, -0.15) is 0 Å². The van der Waals surface area contributed by atoms with Crippen molar-refractivity contribution in [2.45, 2.75) is 19.3 Å². The average molecular weight is 238 g/mol. The molecule has 1 heterocycles. The fraction of sp³-hybridized carbons (Fsp3) is 0.385. The predicted octanol–water partition coefficient (Wildman–Crippen LogP) is 2.62. The Kier molecular flexibility index (Phi) is 2.91. The van der Waals surface area contributed by atoms with Crippen LogP contribution in [0.2, 0.25) is 0 Å². The first-order valence-electron chi connectivity index (χ1n) is 5.57. The lowest BCUT2D eigenvalue weighted by Crippen LogP contribution is -2.30. The topological polar surface area (TPSA) is 30.9 Å². The van der Waals surface area contributed by atoms with E-state index >= 15 is 0 Å². The summed E-state index contributed by atoms with van der Waals surface area (Å²) in [6.45, 7) is 1.25. The molecule has 0 radical (unpaired) electrons. The summed E-state index contributed by atoms with van der Waals surface area (Å²) in [6.07, 6.45) is -0.295. The Labute approximate surface area is 99.0 Å². The molecular formula is C13H16F2N2. The van der Waals surface area contributed by atoms with Crippen LogP contribution in [-0.2, 0) is 13.5 Å². The van der Waals surface area contributed by atoms with Crippen LogP contribution in [0.3, 0.4) is 0 Å². The zero-order valence-corrected chi connectivity index (χ0v) is 10.0. The van der Waals surface area contributed by atoms with Crippen molar-refractivity contribution in [2.75, 3.05) is 6.54 Å². The van der Waals surface area contributed by atoms with E-state index in [-0.39, 0.29) is 6.42 Å². The quantitative estimate of drug-likeness (QED) is 0.875. The normalized spacial score (nSPS) is 12.3. The molecule has 0 fully saturated rings. The number of fused-ring (bicyclic) bond motifs is 1. The van der Waals surface area contributed by atoms with Crippen molar-refractivity contribution < 1.29 is 8.78 Å². The number of rotatable bonds is 3. The summed E-state index contributed by atoms with van der Waals surface area (Å²) in [5, 5.41) is 0.889. The lowest BCUT2D eigenvalue weighted by atomic mass is 10.0. The van der Waals surface area contributed by atoms with E-state index in [1.165, 1.54) is 0 Å². The van der Waals surface area contributed by atoms with Crippen LogP contribution in [0.4, 0.5) is 8.78 Å². The van der Waals surface area contributed by atoms with E-state index in [1.807, 2.05) is 42.8 Å². The zero-order chi connectivity index (χ0) is 12.6. The maximum absolute atomic E-state index is 13.4. The van der Waals surface area contributed by atoms with Gasteiger partial charge in [-0.25, -0.2) is 8.78 Å². The molecule has 92 valence electrons. The summed E-state index contributed by atoms with van der Waals surface area (Å²) >= 11 is 0. The number of benzene rings is 1. The second-order valence-corrected chi connectivity index (χ2v) is 4.38.